The largest absolute Gasteiger partial charge is 0.393 e. The standard InChI is InChI=1S/C3H6FN3O/c4-3(2-8)1-6-7-5/h3,8H,1-2H2. The predicted octanol–water partition coefficient (Wildman–Crippen LogP) is 0.627. The van der Waals surface area contributed by atoms with Gasteiger partial charge in [-0.25, -0.2) is 4.39 Å². The zero-order valence-electron chi connectivity index (χ0n) is 4.16. The van der Waals surface area contributed by atoms with Gasteiger partial charge in [-0.3, -0.25) is 0 Å². The van der Waals surface area contributed by atoms with E-state index in [-0.39, 0.29) is 6.54 Å². The van der Waals surface area contributed by atoms with Crippen molar-refractivity contribution < 1.29 is 9.50 Å². The Hall–Kier alpha value is -0.800. The first-order chi connectivity index (χ1) is 3.81. The van der Waals surface area contributed by atoms with Gasteiger partial charge in [0.2, 0.25) is 0 Å². The molecule has 0 aliphatic heterocycles. The van der Waals surface area contributed by atoms with Crippen molar-refractivity contribution in [2.75, 3.05) is 13.2 Å². The van der Waals surface area contributed by atoms with Crippen LogP contribution in [0.2, 0.25) is 0 Å². The van der Waals surface area contributed by atoms with Crippen LogP contribution in [0.25, 0.3) is 10.4 Å². The van der Waals surface area contributed by atoms with Crippen LogP contribution in [0.5, 0.6) is 0 Å². The van der Waals surface area contributed by atoms with Crippen LogP contribution < -0.4 is 0 Å². The predicted molar refractivity (Wildman–Crippen MR) is 26.0 cm³/mol. The number of aliphatic hydroxyl groups is 1. The van der Waals surface area contributed by atoms with Crippen molar-refractivity contribution in [1.29, 1.82) is 0 Å². The Morgan fingerprint density at radius 3 is 2.88 bits per heavy atom. The number of aliphatic hydroxyl groups excluding tert-OH is 1. The highest BCUT2D eigenvalue weighted by atomic mass is 19.1. The average Bonchev–Trinajstić information content (AvgIpc) is 1.83. The number of halogens is 1. The van der Waals surface area contributed by atoms with E-state index in [0.29, 0.717) is 0 Å². The lowest BCUT2D eigenvalue weighted by Gasteiger charge is -1.94. The first-order valence-corrected chi connectivity index (χ1v) is 2.07. The molecule has 0 heterocycles. The SMILES string of the molecule is [N-]=[N+]=NCC(F)CO. The summed E-state index contributed by atoms with van der Waals surface area (Å²) in [5.74, 6) is 0. The molecule has 0 amide bonds. The fraction of sp³-hybridized carbons (Fsp3) is 1.00. The molecule has 1 unspecified atom stereocenters. The van der Waals surface area contributed by atoms with Gasteiger partial charge in [-0.15, -0.1) is 0 Å². The molecule has 46 valence electrons. The fourth-order valence-corrected chi connectivity index (χ4v) is 0.183. The second-order valence-corrected chi connectivity index (χ2v) is 1.19. The smallest absolute Gasteiger partial charge is 0.129 e. The van der Waals surface area contributed by atoms with Gasteiger partial charge >= 0.3 is 0 Å². The number of nitrogens with zero attached hydrogens (tertiary/aromatic N) is 3. The fourth-order valence-electron chi connectivity index (χ4n) is 0.183. The summed E-state index contributed by atoms with van der Waals surface area (Å²) >= 11 is 0. The van der Waals surface area contributed by atoms with Crippen LogP contribution in [0.1, 0.15) is 0 Å². The number of rotatable bonds is 3. The molecule has 4 nitrogen and oxygen atoms in total. The molecule has 0 bridgehead atoms. The van der Waals surface area contributed by atoms with E-state index in [0.717, 1.165) is 0 Å². The van der Waals surface area contributed by atoms with Crippen LogP contribution in [0.4, 0.5) is 4.39 Å². The number of azide groups is 1. The van der Waals surface area contributed by atoms with Gasteiger partial charge in [0, 0.05) is 4.91 Å². The van der Waals surface area contributed by atoms with Crippen molar-refractivity contribution in [3.63, 3.8) is 0 Å². The van der Waals surface area contributed by atoms with Crippen molar-refractivity contribution in [2.45, 2.75) is 6.17 Å². The molecule has 1 N–H and O–H groups in total. The molecule has 1 atom stereocenters. The maximum atomic E-state index is 11.8. The van der Waals surface area contributed by atoms with Gasteiger partial charge in [0.05, 0.1) is 13.2 Å². The van der Waals surface area contributed by atoms with Crippen LogP contribution in [-0.2, 0) is 0 Å². The van der Waals surface area contributed by atoms with Gasteiger partial charge < -0.3 is 5.11 Å². The molecule has 5 heteroatoms. The first-order valence-electron chi connectivity index (χ1n) is 2.07. The Balaban J connectivity index is 3.23. The number of hydrogen-bond donors (Lipinski definition) is 1. The zero-order chi connectivity index (χ0) is 6.41. The van der Waals surface area contributed by atoms with E-state index >= 15 is 0 Å². The molecule has 0 radical (unpaired) electrons. The third kappa shape index (κ3) is 3.39. The van der Waals surface area contributed by atoms with Gasteiger partial charge in [0.25, 0.3) is 0 Å². The summed E-state index contributed by atoms with van der Waals surface area (Å²) in [5.41, 5.74) is 7.62. The topological polar surface area (TPSA) is 69.0 Å². The van der Waals surface area contributed by atoms with E-state index in [1.165, 1.54) is 0 Å². The van der Waals surface area contributed by atoms with Crippen LogP contribution >= 0.6 is 0 Å². The molecule has 0 aromatic rings. The van der Waals surface area contributed by atoms with Gasteiger partial charge in [0.15, 0.2) is 0 Å². The minimum atomic E-state index is -1.41. The Bertz CT molecular complexity index is 101. The summed E-state index contributed by atoms with van der Waals surface area (Å²) in [6, 6.07) is 0. The van der Waals surface area contributed by atoms with E-state index in [4.69, 9.17) is 10.6 Å². The monoisotopic (exact) mass is 119 g/mol. The molecule has 0 rings (SSSR count). The Kier molecular flexibility index (Phi) is 3.93. The lowest BCUT2D eigenvalue weighted by molar-refractivity contribution is 0.183. The summed E-state index contributed by atoms with van der Waals surface area (Å²) in [5, 5.41) is 10.9. The van der Waals surface area contributed by atoms with Gasteiger partial charge in [-0.05, 0) is 5.53 Å². The first kappa shape index (κ1) is 7.20. The molecule has 0 aliphatic carbocycles. The minimum absolute atomic E-state index is 0.285. The second-order valence-electron chi connectivity index (χ2n) is 1.19. The van der Waals surface area contributed by atoms with Crippen molar-refractivity contribution in [3.8, 4) is 0 Å². The van der Waals surface area contributed by atoms with E-state index in [1.54, 1.807) is 0 Å². The van der Waals surface area contributed by atoms with Gasteiger partial charge in [-0.1, -0.05) is 5.11 Å². The average molecular weight is 119 g/mol. The second kappa shape index (κ2) is 4.36. The van der Waals surface area contributed by atoms with E-state index in [1.807, 2.05) is 0 Å². The number of hydrogen-bond acceptors (Lipinski definition) is 2. The molecule has 0 saturated carbocycles. The highest BCUT2D eigenvalue weighted by Gasteiger charge is 1.99. The molecule has 0 spiro atoms. The lowest BCUT2D eigenvalue weighted by Crippen LogP contribution is -2.08. The molecule has 0 aromatic carbocycles. The van der Waals surface area contributed by atoms with Crippen molar-refractivity contribution >= 4 is 0 Å². The van der Waals surface area contributed by atoms with Crippen LogP contribution in [-0.4, -0.2) is 24.4 Å². The highest BCUT2D eigenvalue weighted by molar-refractivity contribution is 4.56. The van der Waals surface area contributed by atoms with Gasteiger partial charge in [0.1, 0.15) is 6.17 Å². The number of alkyl halides is 1. The van der Waals surface area contributed by atoms with Crippen LogP contribution in [0.3, 0.4) is 0 Å². The highest BCUT2D eigenvalue weighted by Crippen LogP contribution is 1.88. The molecule has 0 aliphatic rings. The molecular weight excluding hydrogens is 113 g/mol. The van der Waals surface area contributed by atoms with E-state index in [2.05, 4.69) is 10.0 Å². The minimum Gasteiger partial charge on any atom is -0.393 e. The Morgan fingerprint density at radius 2 is 2.50 bits per heavy atom. The summed E-state index contributed by atoms with van der Waals surface area (Å²) < 4.78 is 11.8. The Morgan fingerprint density at radius 1 is 1.88 bits per heavy atom. The van der Waals surface area contributed by atoms with Crippen molar-refractivity contribution in [2.24, 2.45) is 5.11 Å². The van der Waals surface area contributed by atoms with Crippen LogP contribution in [0.15, 0.2) is 5.11 Å². The molecular formula is C3H6FN3O. The van der Waals surface area contributed by atoms with Gasteiger partial charge in [-0.2, -0.15) is 0 Å². The maximum absolute atomic E-state index is 11.8. The lowest BCUT2D eigenvalue weighted by atomic mass is 10.4. The van der Waals surface area contributed by atoms with Crippen LogP contribution in [0, 0.1) is 0 Å². The third-order valence-electron chi connectivity index (χ3n) is 0.541. The summed E-state index contributed by atoms with van der Waals surface area (Å²) in [7, 11) is 0. The van der Waals surface area contributed by atoms with E-state index in [9.17, 15) is 4.39 Å². The normalized spacial score (nSPS) is 12.2. The van der Waals surface area contributed by atoms with E-state index < -0.39 is 12.8 Å². The van der Waals surface area contributed by atoms with Crippen molar-refractivity contribution in [3.05, 3.63) is 10.4 Å². The molecule has 8 heavy (non-hydrogen) atoms. The Labute approximate surface area is 45.6 Å². The summed E-state index contributed by atoms with van der Waals surface area (Å²) in [4.78, 5) is 2.30. The molecule has 0 saturated heterocycles. The molecule has 0 fully saturated rings. The summed E-state index contributed by atoms with van der Waals surface area (Å²) in [6.07, 6.45) is -1.41. The quantitative estimate of drug-likeness (QED) is 0.330. The van der Waals surface area contributed by atoms with Crippen molar-refractivity contribution in [1.82, 2.24) is 0 Å². The third-order valence-corrected chi connectivity index (χ3v) is 0.541. The summed E-state index contributed by atoms with van der Waals surface area (Å²) in [6.45, 7) is -0.869. The molecule has 0 aromatic heterocycles. The maximum Gasteiger partial charge on any atom is 0.129 e. The zero-order valence-corrected chi connectivity index (χ0v) is 4.16.